The van der Waals surface area contributed by atoms with Crippen molar-refractivity contribution < 1.29 is 9.53 Å². The number of ether oxygens (including phenoxy) is 1. The highest BCUT2D eigenvalue weighted by Gasteiger charge is 2.10. The van der Waals surface area contributed by atoms with Crippen LogP contribution < -0.4 is 15.8 Å². The maximum absolute atomic E-state index is 12.1. The fourth-order valence-electron chi connectivity index (χ4n) is 2.01. The van der Waals surface area contributed by atoms with Crippen molar-refractivity contribution in [1.29, 1.82) is 0 Å². The van der Waals surface area contributed by atoms with Gasteiger partial charge in [0, 0.05) is 18.3 Å². The first-order valence-corrected chi connectivity index (χ1v) is 8.75. The molecule has 3 N–H and O–H groups in total. The van der Waals surface area contributed by atoms with Crippen LogP contribution in [0.25, 0.3) is 0 Å². The second-order valence-corrected chi connectivity index (χ2v) is 6.14. The third kappa shape index (κ3) is 5.65. The summed E-state index contributed by atoms with van der Waals surface area (Å²) in [5, 5.41) is 5.54. The summed E-state index contributed by atoms with van der Waals surface area (Å²) in [5.41, 5.74) is 6.95. The van der Waals surface area contributed by atoms with E-state index in [1.54, 1.807) is 5.38 Å². The van der Waals surface area contributed by atoms with Crippen molar-refractivity contribution in [3.8, 4) is 5.75 Å². The van der Waals surface area contributed by atoms with Gasteiger partial charge in [0.25, 0.3) is 5.91 Å². The minimum atomic E-state index is -0.165. The second kappa shape index (κ2) is 9.27. The molecule has 0 bridgehead atoms. The summed E-state index contributed by atoms with van der Waals surface area (Å²) in [7, 11) is 0. The van der Waals surface area contributed by atoms with Crippen LogP contribution in [-0.4, -0.2) is 24.0 Å². The van der Waals surface area contributed by atoms with Crippen molar-refractivity contribution in [2.24, 2.45) is 5.73 Å². The van der Waals surface area contributed by atoms with Gasteiger partial charge < -0.3 is 15.8 Å². The molecule has 6 heteroatoms. The minimum absolute atomic E-state index is 0.165. The smallest absolute Gasteiger partial charge is 0.271 e. The molecule has 0 radical (unpaired) electrons. The molecule has 1 aromatic carbocycles. The summed E-state index contributed by atoms with van der Waals surface area (Å²) in [6.07, 6.45) is 2.85. The lowest BCUT2D eigenvalue weighted by Crippen LogP contribution is -2.23. The largest absolute Gasteiger partial charge is 0.494 e. The van der Waals surface area contributed by atoms with Gasteiger partial charge in [0.05, 0.1) is 11.6 Å². The zero-order chi connectivity index (χ0) is 16.5. The Morgan fingerprint density at radius 1 is 1.43 bits per heavy atom. The number of amides is 1. The van der Waals surface area contributed by atoms with Crippen molar-refractivity contribution in [3.63, 3.8) is 0 Å². The molecule has 0 saturated carbocycles. The van der Waals surface area contributed by atoms with E-state index < -0.39 is 0 Å². The maximum atomic E-state index is 12.1. The first-order chi connectivity index (χ1) is 11.2. The van der Waals surface area contributed by atoms with Crippen LogP contribution in [0.3, 0.4) is 0 Å². The van der Waals surface area contributed by atoms with Crippen LogP contribution in [0.4, 0.5) is 0 Å². The summed E-state index contributed by atoms with van der Waals surface area (Å²) in [6, 6.07) is 7.79. The number of thiazole rings is 1. The van der Waals surface area contributed by atoms with Gasteiger partial charge in [-0.1, -0.05) is 25.5 Å². The molecule has 0 atom stereocenters. The van der Waals surface area contributed by atoms with Gasteiger partial charge in [-0.25, -0.2) is 4.98 Å². The van der Waals surface area contributed by atoms with E-state index in [9.17, 15) is 4.79 Å². The summed E-state index contributed by atoms with van der Waals surface area (Å²) in [4.78, 5) is 16.4. The van der Waals surface area contributed by atoms with Crippen LogP contribution in [0.15, 0.2) is 29.6 Å². The molecule has 1 amide bonds. The molecule has 0 aliphatic rings. The molecule has 23 heavy (non-hydrogen) atoms. The van der Waals surface area contributed by atoms with Gasteiger partial charge in [0.2, 0.25) is 0 Å². The molecule has 0 fully saturated rings. The Balaban J connectivity index is 1.86. The standard InChI is InChI=1S/C17H23N3O2S/c1-2-3-9-22-14-6-4-5-13(10-14)11-19-17(21)15-12-23-16(20-15)7-8-18/h4-6,10,12H,2-3,7-9,11,18H2,1H3,(H,19,21). The lowest BCUT2D eigenvalue weighted by molar-refractivity contribution is 0.0946. The van der Waals surface area contributed by atoms with Crippen LogP contribution in [0.1, 0.15) is 40.8 Å². The number of hydrogen-bond donors (Lipinski definition) is 2. The van der Waals surface area contributed by atoms with Crippen molar-refractivity contribution in [2.75, 3.05) is 13.2 Å². The SMILES string of the molecule is CCCCOc1cccc(CNC(=O)c2csc(CCN)n2)c1. The van der Waals surface area contributed by atoms with Gasteiger partial charge >= 0.3 is 0 Å². The fourth-order valence-corrected chi connectivity index (χ4v) is 2.80. The summed E-state index contributed by atoms with van der Waals surface area (Å²) in [6.45, 7) is 3.84. The van der Waals surface area contributed by atoms with E-state index in [2.05, 4.69) is 17.2 Å². The molecule has 5 nitrogen and oxygen atoms in total. The zero-order valence-electron chi connectivity index (χ0n) is 13.4. The van der Waals surface area contributed by atoms with E-state index in [-0.39, 0.29) is 5.91 Å². The van der Waals surface area contributed by atoms with Crippen molar-refractivity contribution in [3.05, 3.63) is 45.9 Å². The van der Waals surface area contributed by atoms with E-state index in [1.165, 1.54) is 11.3 Å². The van der Waals surface area contributed by atoms with Gasteiger partial charge in [0.15, 0.2) is 0 Å². The van der Waals surface area contributed by atoms with Crippen LogP contribution in [0.2, 0.25) is 0 Å². The van der Waals surface area contributed by atoms with Crippen molar-refractivity contribution in [1.82, 2.24) is 10.3 Å². The van der Waals surface area contributed by atoms with Crippen LogP contribution in [-0.2, 0) is 13.0 Å². The molecule has 0 aliphatic carbocycles. The first kappa shape index (κ1) is 17.4. The number of nitrogens with two attached hydrogens (primary N) is 1. The monoisotopic (exact) mass is 333 g/mol. The van der Waals surface area contributed by atoms with Gasteiger partial charge in [-0.2, -0.15) is 0 Å². The number of aromatic nitrogens is 1. The predicted octanol–water partition coefficient (Wildman–Crippen LogP) is 2.75. The average molecular weight is 333 g/mol. The zero-order valence-corrected chi connectivity index (χ0v) is 14.2. The number of carbonyl (C=O) groups is 1. The van der Waals surface area contributed by atoms with Crippen molar-refractivity contribution in [2.45, 2.75) is 32.7 Å². The number of carbonyl (C=O) groups excluding carboxylic acids is 1. The number of nitrogens with one attached hydrogen (secondary N) is 1. The molecular formula is C17H23N3O2S. The van der Waals surface area contributed by atoms with Gasteiger partial charge in [-0.3, -0.25) is 4.79 Å². The molecule has 124 valence electrons. The highest BCUT2D eigenvalue weighted by atomic mass is 32.1. The van der Waals surface area contributed by atoms with Crippen LogP contribution in [0, 0.1) is 0 Å². The second-order valence-electron chi connectivity index (χ2n) is 5.20. The van der Waals surface area contributed by atoms with Gasteiger partial charge in [-0.15, -0.1) is 11.3 Å². The Hall–Kier alpha value is -1.92. The minimum Gasteiger partial charge on any atom is -0.494 e. The fraction of sp³-hybridized carbons (Fsp3) is 0.412. The third-order valence-electron chi connectivity index (χ3n) is 3.26. The van der Waals surface area contributed by atoms with Crippen LogP contribution >= 0.6 is 11.3 Å². The lowest BCUT2D eigenvalue weighted by atomic mass is 10.2. The summed E-state index contributed by atoms with van der Waals surface area (Å²) >= 11 is 1.47. The van der Waals surface area contributed by atoms with E-state index in [4.69, 9.17) is 10.5 Å². The van der Waals surface area contributed by atoms with Crippen LogP contribution in [0.5, 0.6) is 5.75 Å². The number of hydrogen-bond acceptors (Lipinski definition) is 5. The normalized spacial score (nSPS) is 10.5. The highest BCUT2D eigenvalue weighted by Crippen LogP contribution is 2.14. The Labute approximate surface area is 140 Å². The maximum Gasteiger partial charge on any atom is 0.271 e. The summed E-state index contributed by atoms with van der Waals surface area (Å²) < 4.78 is 5.67. The van der Waals surface area contributed by atoms with E-state index >= 15 is 0 Å². The van der Waals surface area contributed by atoms with E-state index in [0.29, 0.717) is 25.2 Å². The molecule has 0 spiro atoms. The quantitative estimate of drug-likeness (QED) is 0.692. The Kier molecular flexibility index (Phi) is 7.03. The Morgan fingerprint density at radius 2 is 2.30 bits per heavy atom. The van der Waals surface area contributed by atoms with E-state index in [0.717, 1.165) is 35.8 Å². The number of nitrogens with zero attached hydrogens (tertiary/aromatic N) is 1. The number of benzene rings is 1. The first-order valence-electron chi connectivity index (χ1n) is 7.87. The number of unbranched alkanes of at least 4 members (excludes halogenated alkanes) is 1. The molecule has 2 aromatic rings. The predicted molar refractivity (Wildman–Crippen MR) is 92.9 cm³/mol. The molecule has 0 unspecified atom stereocenters. The lowest BCUT2D eigenvalue weighted by Gasteiger charge is -2.08. The molecule has 2 rings (SSSR count). The third-order valence-corrected chi connectivity index (χ3v) is 4.17. The molecule has 0 aliphatic heterocycles. The topological polar surface area (TPSA) is 77.2 Å². The Bertz CT molecular complexity index is 628. The molecule has 0 saturated heterocycles. The highest BCUT2D eigenvalue weighted by molar-refractivity contribution is 7.09. The van der Waals surface area contributed by atoms with Gasteiger partial charge in [-0.05, 0) is 30.7 Å². The number of rotatable bonds is 9. The van der Waals surface area contributed by atoms with Crippen molar-refractivity contribution >= 4 is 17.2 Å². The molecule has 1 aromatic heterocycles. The molecular weight excluding hydrogens is 310 g/mol. The van der Waals surface area contributed by atoms with E-state index in [1.807, 2.05) is 24.3 Å². The average Bonchev–Trinajstić information content (AvgIpc) is 3.02. The Morgan fingerprint density at radius 3 is 3.09 bits per heavy atom. The summed E-state index contributed by atoms with van der Waals surface area (Å²) in [5.74, 6) is 0.672. The molecule has 1 heterocycles. The van der Waals surface area contributed by atoms with Gasteiger partial charge in [0.1, 0.15) is 11.4 Å².